The molecular weight excluding hydrogens is 388 g/mol. The molecule has 0 unspecified atom stereocenters. The minimum Gasteiger partial charge on any atom is -0.366 e. The van der Waals surface area contributed by atoms with Crippen molar-refractivity contribution >= 4 is 17.4 Å². The number of nitrogens with one attached hydrogen (secondary N) is 2. The van der Waals surface area contributed by atoms with Gasteiger partial charge in [-0.05, 0) is 54.7 Å². The standard InChI is InChI=1S/C24H32N6O/c1-4-24(2,3)18-7-9-19(10-8-18)28-23(31)20-16-27-30-13-11-21(29-22(20)30)26-15-17-6-5-12-25-14-17/h5-6,11-14,16,18-19H,4,7-10,15H2,1-3H3,(H,26,29)(H,28,31). The number of nitrogens with zero attached hydrogens (tertiary/aromatic N) is 4. The second-order valence-corrected chi connectivity index (χ2v) is 9.22. The van der Waals surface area contributed by atoms with E-state index in [1.165, 1.54) is 19.3 Å². The molecule has 3 heterocycles. The number of rotatable bonds is 7. The molecule has 2 N–H and O–H groups in total. The molecule has 7 heteroatoms. The van der Waals surface area contributed by atoms with Gasteiger partial charge in [-0.25, -0.2) is 9.50 Å². The maximum Gasteiger partial charge on any atom is 0.256 e. The fraction of sp³-hybridized carbons (Fsp3) is 0.500. The molecule has 0 aliphatic heterocycles. The summed E-state index contributed by atoms with van der Waals surface area (Å²) in [4.78, 5) is 21.7. The zero-order chi connectivity index (χ0) is 21.8. The molecule has 4 rings (SSSR count). The molecule has 164 valence electrons. The van der Waals surface area contributed by atoms with Crippen molar-refractivity contribution in [2.24, 2.45) is 11.3 Å². The van der Waals surface area contributed by atoms with Gasteiger partial charge in [-0.1, -0.05) is 33.3 Å². The van der Waals surface area contributed by atoms with Crippen LogP contribution >= 0.6 is 0 Å². The lowest BCUT2D eigenvalue weighted by atomic mass is 9.69. The Hall–Kier alpha value is -2.96. The molecule has 1 saturated carbocycles. The van der Waals surface area contributed by atoms with Crippen LogP contribution in [0.15, 0.2) is 43.0 Å². The molecule has 3 aromatic heterocycles. The van der Waals surface area contributed by atoms with Gasteiger partial charge in [0.2, 0.25) is 0 Å². The number of fused-ring (bicyclic) bond motifs is 1. The summed E-state index contributed by atoms with van der Waals surface area (Å²) in [5, 5.41) is 10.8. The second kappa shape index (κ2) is 9.04. The second-order valence-electron chi connectivity index (χ2n) is 9.22. The number of amides is 1. The summed E-state index contributed by atoms with van der Waals surface area (Å²) in [6, 6.07) is 5.99. The molecule has 1 amide bonds. The van der Waals surface area contributed by atoms with Gasteiger partial charge in [0.05, 0.1) is 6.20 Å². The highest BCUT2D eigenvalue weighted by molar-refractivity contribution is 5.99. The summed E-state index contributed by atoms with van der Waals surface area (Å²) in [7, 11) is 0. The van der Waals surface area contributed by atoms with Gasteiger partial charge < -0.3 is 10.6 Å². The van der Waals surface area contributed by atoms with Gasteiger partial charge in [0.15, 0.2) is 5.65 Å². The predicted octanol–water partition coefficient (Wildman–Crippen LogP) is 4.46. The van der Waals surface area contributed by atoms with Crippen molar-refractivity contribution in [2.75, 3.05) is 5.32 Å². The number of hydrogen-bond donors (Lipinski definition) is 2. The molecule has 0 atom stereocenters. The first kappa shape index (κ1) is 21.3. The van der Waals surface area contributed by atoms with E-state index in [1.54, 1.807) is 16.9 Å². The molecule has 1 aliphatic carbocycles. The highest BCUT2D eigenvalue weighted by Gasteiger charge is 2.32. The van der Waals surface area contributed by atoms with E-state index in [9.17, 15) is 4.79 Å². The molecule has 1 fully saturated rings. The van der Waals surface area contributed by atoms with Gasteiger partial charge in [-0.3, -0.25) is 9.78 Å². The normalized spacial score (nSPS) is 19.3. The van der Waals surface area contributed by atoms with Gasteiger partial charge >= 0.3 is 0 Å². The van der Waals surface area contributed by atoms with Gasteiger partial charge in [0, 0.05) is 31.2 Å². The van der Waals surface area contributed by atoms with Crippen LogP contribution in [0.2, 0.25) is 0 Å². The molecule has 0 spiro atoms. The molecular formula is C24H32N6O. The van der Waals surface area contributed by atoms with E-state index in [-0.39, 0.29) is 11.9 Å². The van der Waals surface area contributed by atoms with Crippen LogP contribution in [0.25, 0.3) is 5.65 Å². The zero-order valence-electron chi connectivity index (χ0n) is 18.6. The largest absolute Gasteiger partial charge is 0.366 e. The van der Waals surface area contributed by atoms with Crippen LogP contribution in [-0.4, -0.2) is 31.5 Å². The van der Waals surface area contributed by atoms with Crippen LogP contribution in [0.5, 0.6) is 0 Å². The van der Waals surface area contributed by atoms with Crippen LogP contribution < -0.4 is 10.6 Å². The SMILES string of the molecule is CCC(C)(C)C1CCC(NC(=O)c2cnn3ccc(NCc4cccnc4)nc23)CC1. The summed E-state index contributed by atoms with van der Waals surface area (Å²) in [5.74, 6) is 1.34. The number of carbonyl (C=O) groups excluding carboxylic acids is 1. The van der Waals surface area contributed by atoms with E-state index in [0.29, 0.717) is 29.0 Å². The van der Waals surface area contributed by atoms with E-state index < -0.39 is 0 Å². The van der Waals surface area contributed by atoms with Gasteiger partial charge in [-0.15, -0.1) is 0 Å². The van der Waals surface area contributed by atoms with Crippen molar-refractivity contribution in [3.05, 3.63) is 54.1 Å². The summed E-state index contributed by atoms with van der Waals surface area (Å²) in [6.07, 6.45) is 12.6. The van der Waals surface area contributed by atoms with Gasteiger partial charge in [0.25, 0.3) is 5.91 Å². The number of pyridine rings is 1. The third-order valence-electron chi connectivity index (χ3n) is 6.89. The Bertz CT molecular complexity index is 1020. The summed E-state index contributed by atoms with van der Waals surface area (Å²) in [5.41, 5.74) is 2.52. The molecule has 1 aliphatic rings. The first-order chi connectivity index (χ1) is 15.0. The third-order valence-corrected chi connectivity index (χ3v) is 6.89. The number of hydrogen-bond acceptors (Lipinski definition) is 5. The van der Waals surface area contributed by atoms with E-state index in [2.05, 4.69) is 46.5 Å². The molecule has 3 aromatic rings. The molecule has 0 bridgehead atoms. The van der Waals surface area contributed by atoms with Crippen molar-refractivity contribution in [2.45, 2.75) is 65.5 Å². The van der Waals surface area contributed by atoms with Crippen molar-refractivity contribution in [3.8, 4) is 0 Å². The van der Waals surface area contributed by atoms with E-state index in [0.717, 1.165) is 24.3 Å². The van der Waals surface area contributed by atoms with Crippen LogP contribution in [0.4, 0.5) is 5.82 Å². The Balaban J connectivity index is 1.40. The minimum absolute atomic E-state index is 0.0925. The summed E-state index contributed by atoms with van der Waals surface area (Å²) >= 11 is 0. The zero-order valence-corrected chi connectivity index (χ0v) is 18.6. The lowest BCUT2D eigenvalue weighted by Gasteiger charge is -2.39. The molecule has 7 nitrogen and oxygen atoms in total. The molecule has 31 heavy (non-hydrogen) atoms. The number of carbonyl (C=O) groups is 1. The first-order valence-corrected chi connectivity index (χ1v) is 11.2. The fourth-order valence-electron chi connectivity index (χ4n) is 4.39. The van der Waals surface area contributed by atoms with Crippen molar-refractivity contribution in [3.63, 3.8) is 0 Å². The molecule has 0 radical (unpaired) electrons. The molecule has 0 aromatic carbocycles. The monoisotopic (exact) mass is 420 g/mol. The van der Waals surface area contributed by atoms with Gasteiger partial charge in [-0.2, -0.15) is 5.10 Å². The smallest absolute Gasteiger partial charge is 0.256 e. The topological polar surface area (TPSA) is 84.2 Å². The van der Waals surface area contributed by atoms with Crippen LogP contribution in [0.1, 0.15) is 68.8 Å². The Morgan fingerprint density at radius 1 is 1.19 bits per heavy atom. The molecule has 0 saturated heterocycles. The summed E-state index contributed by atoms with van der Waals surface area (Å²) < 4.78 is 1.64. The van der Waals surface area contributed by atoms with Crippen molar-refractivity contribution in [1.82, 2.24) is 24.9 Å². The predicted molar refractivity (Wildman–Crippen MR) is 122 cm³/mol. The third kappa shape index (κ3) is 4.86. The van der Waals surface area contributed by atoms with Crippen molar-refractivity contribution in [1.29, 1.82) is 0 Å². The average molecular weight is 421 g/mol. The number of aromatic nitrogens is 4. The van der Waals surface area contributed by atoms with E-state index in [4.69, 9.17) is 0 Å². The summed E-state index contributed by atoms with van der Waals surface area (Å²) in [6.45, 7) is 7.61. The average Bonchev–Trinajstić information content (AvgIpc) is 3.22. The van der Waals surface area contributed by atoms with Gasteiger partial charge in [0.1, 0.15) is 11.4 Å². The lowest BCUT2D eigenvalue weighted by Crippen LogP contribution is -2.39. The highest BCUT2D eigenvalue weighted by atomic mass is 16.1. The Labute approximate surface area is 183 Å². The van der Waals surface area contributed by atoms with E-state index in [1.807, 2.05) is 30.6 Å². The van der Waals surface area contributed by atoms with Crippen LogP contribution in [0, 0.1) is 11.3 Å². The maximum absolute atomic E-state index is 13.0. The quantitative estimate of drug-likeness (QED) is 0.589. The minimum atomic E-state index is -0.0925. The lowest BCUT2D eigenvalue weighted by molar-refractivity contribution is 0.0894. The Morgan fingerprint density at radius 2 is 2.00 bits per heavy atom. The van der Waals surface area contributed by atoms with Crippen LogP contribution in [0.3, 0.4) is 0 Å². The first-order valence-electron chi connectivity index (χ1n) is 11.2. The maximum atomic E-state index is 13.0. The van der Waals surface area contributed by atoms with Crippen molar-refractivity contribution < 1.29 is 4.79 Å². The van der Waals surface area contributed by atoms with Crippen LogP contribution in [-0.2, 0) is 6.54 Å². The number of anilines is 1. The Morgan fingerprint density at radius 3 is 2.71 bits per heavy atom. The Kier molecular flexibility index (Phi) is 6.20. The fourth-order valence-corrected chi connectivity index (χ4v) is 4.39. The highest BCUT2D eigenvalue weighted by Crippen LogP contribution is 2.40. The van der Waals surface area contributed by atoms with E-state index >= 15 is 0 Å².